The average molecular weight is 346 g/mol. The van der Waals surface area contributed by atoms with Crippen LogP contribution in [0.1, 0.15) is 67.4 Å². The zero-order valence-electron chi connectivity index (χ0n) is 15.7. The number of aromatic nitrogens is 2. The second kappa shape index (κ2) is 6.72. The van der Waals surface area contributed by atoms with Crippen LogP contribution >= 0.6 is 0 Å². The van der Waals surface area contributed by atoms with Gasteiger partial charge in [-0.2, -0.15) is 5.10 Å². The highest BCUT2D eigenvalue weighted by Crippen LogP contribution is 2.32. The number of fused-ring (bicyclic) bond motifs is 1. The third-order valence-electron chi connectivity index (χ3n) is 6.15. The second-order valence-electron chi connectivity index (χ2n) is 7.90. The van der Waals surface area contributed by atoms with Crippen molar-refractivity contribution in [3.05, 3.63) is 17.0 Å². The number of aryl methyl sites for hydroxylation is 1. The Balaban J connectivity index is 1.48. The van der Waals surface area contributed by atoms with Gasteiger partial charge in [0.1, 0.15) is 0 Å². The molecular weight excluding hydrogens is 316 g/mol. The standard InChI is InChI=1S/C19H30N4O2/c1-13-12-16-17(20-21(3)18(16)14(2)25-13)19(24)23-10-8-22(9-11-23)15-6-4-5-7-15/h13-15H,4-12H2,1-3H3/t13-,14+/m1/s1. The molecule has 3 aliphatic rings. The number of amides is 1. The topological polar surface area (TPSA) is 50.6 Å². The molecule has 6 heteroatoms. The molecule has 0 spiro atoms. The van der Waals surface area contributed by atoms with Gasteiger partial charge in [0.2, 0.25) is 0 Å². The number of piperazine rings is 1. The summed E-state index contributed by atoms with van der Waals surface area (Å²) in [5.41, 5.74) is 2.80. The van der Waals surface area contributed by atoms with E-state index in [1.807, 2.05) is 23.6 Å². The van der Waals surface area contributed by atoms with Crippen LogP contribution in [0.2, 0.25) is 0 Å². The van der Waals surface area contributed by atoms with Crippen molar-refractivity contribution in [3.63, 3.8) is 0 Å². The van der Waals surface area contributed by atoms with Gasteiger partial charge >= 0.3 is 0 Å². The summed E-state index contributed by atoms with van der Waals surface area (Å²) >= 11 is 0. The molecule has 6 nitrogen and oxygen atoms in total. The van der Waals surface area contributed by atoms with Gasteiger partial charge in [-0.1, -0.05) is 12.8 Å². The van der Waals surface area contributed by atoms with Crippen LogP contribution in [0, 0.1) is 0 Å². The van der Waals surface area contributed by atoms with E-state index in [0.717, 1.165) is 49.9 Å². The maximum Gasteiger partial charge on any atom is 0.274 e. The van der Waals surface area contributed by atoms with Crippen LogP contribution < -0.4 is 0 Å². The van der Waals surface area contributed by atoms with Crippen LogP contribution in [0.5, 0.6) is 0 Å². The average Bonchev–Trinajstić information content (AvgIpc) is 3.23. The molecule has 0 bridgehead atoms. The Kier molecular flexibility index (Phi) is 4.58. The molecule has 138 valence electrons. The van der Waals surface area contributed by atoms with E-state index in [9.17, 15) is 4.79 Å². The smallest absolute Gasteiger partial charge is 0.274 e. The van der Waals surface area contributed by atoms with Gasteiger partial charge in [-0.25, -0.2) is 0 Å². The number of hydrogen-bond donors (Lipinski definition) is 0. The van der Waals surface area contributed by atoms with Crippen LogP contribution in [0.3, 0.4) is 0 Å². The molecule has 0 radical (unpaired) electrons. The number of carbonyl (C=O) groups excluding carboxylic acids is 1. The van der Waals surface area contributed by atoms with Gasteiger partial charge in [0, 0.05) is 51.3 Å². The third kappa shape index (κ3) is 3.10. The fraction of sp³-hybridized carbons (Fsp3) is 0.789. The fourth-order valence-corrected chi connectivity index (χ4v) is 4.92. The lowest BCUT2D eigenvalue weighted by molar-refractivity contribution is -0.00909. The SMILES string of the molecule is C[C@@H]1Cc2c(C(=O)N3CCN(C4CCCC4)CC3)nn(C)c2[C@H](C)O1. The van der Waals surface area contributed by atoms with E-state index in [4.69, 9.17) is 4.74 Å². The molecule has 4 rings (SSSR count). The zero-order chi connectivity index (χ0) is 17.6. The Morgan fingerprint density at radius 1 is 1.12 bits per heavy atom. The first-order chi connectivity index (χ1) is 12.0. The van der Waals surface area contributed by atoms with Gasteiger partial charge in [-0.3, -0.25) is 14.4 Å². The molecule has 1 amide bonds. The minimum absolute atomic E-state index is 0.00276. The summed E-state index contributed by atoms with van der Waals surface area (Å²) < 4.78 is 7.75. The molecule has 1 saturated carbocycles. The highest BCUT2D eigenvalue weighted by atomic mass is 16.5. The maximum atomic E-state index is 13.1. The van der Waals surface area contributed by atoms with E-state index >= 15 is 0 Å². The Hall–Kier alpha value is -1.40. The van der Waals surface area contributed by atoms with Crippen LogP contribution in [0.15, 0.2) is 0 Å². The van der Waals surface area contributed by atoms with E-state index in [1.165, 1.54) is 25.7 Å². The third-order valence-corrected chi connectivity index (χ3v) is 6.15. The minimum Gasteiger partial charge on any atom is -0.369 e. The van der Waals surface area contributed by atoms with Crippen molar-refractivity contribution >= 4 is 5.91 Å². The first kappa shape index (κ1) is 17.0. The van der Waals surface area contributed by atoms with E-state index in [2.05, 4.69) is 16.9 Å². The van der Waals surface area contributed by atoms with Crippen LogP contribution in [-0.4, -0.2) is 63.8 Å². The lowest BCUT2D eigenvalue weighted by Crippen LogP contribution is -2.51. The summed E-state index contributed by atoms with van der Waals surface area (Å²) in [5, 5.41) is 4.58. The summed E-state index contributed by atoms with van der Waals surface area (Å²) in [5.74, 6) is 0.101. The summed E-state index contributed by atoms with van der Waals surface area (Å²) in [6.45, 7) is 7.76. The van der Waals surface area contributed by atoms with Crippen LogP contribution in [-0.2, 0) is 18.2 Å². The van der Waals surface area contributed by atoms with Gasteiger partial charge < -0.3 is 9.64 Å². The van der Waals surface area contributed by atoms with Crippen molar-refractivity contribution in [1.82, 2.24) is 19.6 Å². The normalized spacial score (nSPS) is 28.4. The molecule has 1 aliphatic carbocycles. The predicted octanol–water partition coefficient (Wildman–Crippen LogP) is 2.14. The molecular formula is C19H30N4O2. The number of rotatable bonds is 2. The summed E-state index contributed by atoms with van der Waals surface area (Å²) in [6, 6.07) is 0.749. The Morgan fingerprint density at radius 2 is 1.80 bits per heavy atom. The lowest BCUT2D eigenvalue weighted by Gasteiger charge is -2.38. The second-order valence-corrected chi connectivity index (χ2v) is 7.90. The van der Waals surface area contributed by atoms with Crippen molar-refractivity contribution in [2.75, 3.05) is 26.2 Å². The summed E-state index contributed by atoms with van der Waals surface area (Å²) in [7, 11) is 1.92. The first-order valence-electron chi connectivity index (χ1n) is 9.79. The number of nitrogens with zero attached hydrogens (tertiary/aromatic N) is 4. The monoisotopic (exact) mass is 346 g/mol. The zero-order valence-corrected chi connectivity index (χ0v) is 15.7. The van der Waals surface area contributed by atoms with Crippen LogP contribution in [0.4, 0.5) is 0 Å². The molecule has 1 aromatic heterocycles. The molecule has 0 N–H and O–H groups in total. The van der Waals surface area contributed by atoms with Crippen molar-refractivity contribution in [3.8, 4) is 0 Å². The molecule has 2 atom stereocenters. The fourth-order valence-electron chi connectivity index (χ4n) is 4.92. The highest BCUT2D eigenvalue weighted by molar-refractivity contribution is 5.94. The largest absolute Gasteiger partial charge is 0.369 e. The van der Waals surface area contributed by atoms with Crippen molar-refractivity contribution in [2.45, 2.75) is 64.2 Å². The number of hydrogen-bond acceptors (Lipinski definition) is 4. The predicted molar refractivity (Wildman–Crippen MR) is 95.6 cm³/mol. The Bertz CT molecular complexity index is 642. The van der Waals surface area contributed by atoms with Crippen molar-refractivity contribution in [2.24, 2.45) is 7.05 Å². The lowest BCUT2D eigenvalue weighted by atomic mass is 9.99. The molecule has 2 fully saturated rings. The van der Waals surface area contributed by atoms with Crippen molar-refractivity contribution in [1.29, 1.82) is 0 Å². The minimum atomic E-state index is -0.00276. The molecule has 0 unspecified atom stereocenters. The number of ether oxygens (including phenoxy) is 1. The van der Waals surface area contributed by atoms with E-state index < -0.39 is 0 Å². The van der Waals surface area contributed by atoms with Gasteiger partial charge in [0.25, 0.3) is 5.91 Å². The highest BCUT2D eigenvalue weighted by Gasteiger charge is 2.34. The molecule has 2 aliphatic heterocycles. The van der Waals surface area contributed by atoms with Gasteiger partial charge in [-0.05, 0) is 26.7 Å². The summed E-state index contributed by atoms with van der Waals surface area (Å²) in [4.78, 5) is 17.7. The molecule has 3 heterocycles. The summed E-state index contributed by atoms with van der Waals surface area (Å²) in [6.07, 6.45) is 6.30. The number of carbonyl (C=O) groups is 1. The molecule has 1 aromatic rings. The van der Waals surface area contributed by atoms with Crippen LogP contribution in [0.25, 0.3) is 0 Å². The Morgan fingerprint density at radius 3 is 2.48 bits per heavy atom. The van der Waals surface area contributed by atoms with E-state index in [0.29, 0.717) is 5.69 Å². The van der Waals surface area contributed by atoms with Gasteiger partial charge in [0.05, 0.1) is 17.9 Å². The Labute approximate surface area is 150 Å². The van der Waals surface area contributed by atoms with Gasteiger partial charge in [-0.15, -0.1) is 0 Å². The quantitative estimate of drug-likeness (QED) is 0.823. The first-order valence-corrected chi connectivity index (χ1v) is 9.79. The molecule has 25 heavy (non-hydrogen) atoms. The van der Waals surface area contributed by atoms with E-state index in [1.54, 1.807) is 0 Å². The maximum absolute atomic E-state index is 13.1. The van der Waals surface area contributed by atoms with Gasteiger partial charge in [0.15, 0.2) is 5.69 Å². The molecule has 1 saturated heterocycles. The van der Waals surface area contributed by atoms with E-state index in [-0.39, 0.29) is 18.1 Å². The molecule has 0 aromatic carbocycles. The van der Waals surface area contributed by atoms with Crippen molar-refractivity contribution < 1.29 is 9.53 Å².